The average Bonchev–Trinajstić information content (AvgIpc) is 1.94. The Morgan fingerprint density at radius 3 is 2.64 bits per heavy atom. The number of hydrogen-bond acceptors (Lipinski definition) is 1. The lowest BCUT2D eigenvalue weighted by atomic mass is 9.74. The Hall–Kier alpha value is -0.300. The van der Waals surface area contributed by atoms with E-state index < -0.39 is 0 Å². The van der Waals surface area contributed by atoms with Gasteiger partial charge in [-0.15, -0.1) is 0 Å². The summed E-state index contributed by atoms with van der Waals surface area (Å²) in [5.41, 5.74) is 1.63. The van der Waals surface area contributed by atoms with Crippen LogP contribution in [0.5, 0.6) is 0 Å². The van der Waals surface area contributed by atoms with Crippen LogP contribution in [0.25, 0.3) is 0 Å². The van der Waals surface area contributed by atoms with Crippen LogP contribution in [0.1, 0.15) is 40.0 Å². The monoisotopic (exact) mass is 154 g/mol. The molecule has 1 N–H and O–H groups in total. The fourth-order valence-corrected chi connectivity index (χ4v) is 1.77. The van der Waals surface area contributed by atoms with Crippen LogP contribution in [0.3, 0.4) is 0 Å². The second-order valence-electron chi connectivity index (χ2n) is 4.26. The van der Waals surface area contributed by atoms with Gasteiger partial charge in [0.25, 0.3) is 0 Å². The van der Waals surface area contributed by atoms with Crippen molar-refractivity contribution in [2.24, 2.45) is 5.41 Å². The van der Waals surface area contributed by atoms with Crippen molar-refractivity contribution < 1.29 is 5.11 Å². The number of aliphatic hydroxyl groups excluding tert-OH is 1. The maximum Gasteiger partial charge on any atom is 0.0750 e. The van der Waals surface area contributed by atoms with E-state index in [1.165, 1.54) is 5.57 Å². The molecule has 0 aromatic rings. The second-order valence-corrected chi connectivity index (χ2v) is 4.26. The summed E-state index contributed by atoms with van der Waals surface area (Å²) in [5, 5.41) is 9.53. The third kappa shape index (κ3) is 2.06. The number of hydrogen-bond donors (Lipinski definition) is 1. The van der Waals surface area contributed by atoms with Crippen molar-refractivity contribution in [3.8, 4) is 0 Å². The van der Waals surface area contributed by atoms with Gasteiger partial charge in [-0.05, 0) is 37.2 Å². The van der Waals surface area contributed by atoms with Gasteiger partial charge in [0.2, 0.25) is 0 Å². The van der Waals surface area contributed by atoms with Crippen molar-refractivity contribution in [3.05, 3.63) is 11.6 Å². The maximum atomic E-state index is 9.53. The van der Waals surface area contributed by atoms with Gasteiger partial charge in [-0.2, -0.15) is 0 Å². The molecule has 1 fully saturated rings. The third-order valence-electron chi connectivity index (χ3n) is 2.58. The molecule has 1 aliphatic carbocycles. The normalized spacial score (nSPS) is 34.2. The van der Waals surface area contributed by atoms with E-state index in [0.29, 0.717) is 5.41 Å². The minimum atomic E-state index is -0.159. The summed E-state index contributed by atoms with van der Waals surface area (Å²) in [6.45, 7) is 6.55. The zero-order valence-electron chi connectivity index (χ0n) is 7.72. The molecule has 1 aliphatic rings. The highest BCUT2D eigenvalue weighted by atomic mass is 16.3. The first-order valence-electron chi connectivity index (χ1n) is 4.38. The van der Waals surface area contributed by atoms with E-state index >= 15 is 0 Å². The van der Waals surface area contributed by atoms with Gasteiger partial charge in [-0.3, -0.25) is 0 Å². The molecular weight excluding hydrogens is 136 g/mol. The molecule has 0 aliphatic heterocycles. The molecular formula is C10H18O. The van der Waals surface area contributed by atoms with Gasteiger partial charge in [0, 0.05) is 0 Å². The molecule has 1 atom stereocenters. The van der Waals surface area contributed by atoms with E-state index in [2.05, 4.69) is 19.9 Å². The lowest BCUT2D eigenvalue weighted by Crippen LogP contribution is -2.26. The molecule has 0 amide bonds. The maximum absolute atomic E-state index is 9.53. The molecule has 1 saturated carbocycles. The van der Waals surface area contributed by atoms with Crippen molar-refractivity contribution >= 4 is 0 Å². The highest BCUT2D eigenvalue weighted by molar-refractivity contribution is 5.12. The molecule has 1 heteroatoms. The quantitative estimate of drug-likeness (QED) is 0.531. The van der Waals surface area contributed by atoms with Crippen molar-refractivity contribution in [3.63, 3.8) is 0 Å². The van der Waals surface area contributed by atoms with E-state index in [4.69, 9.17) is 0 Å². The van der Waals surface area contributed by atoms with Gasteiger partial charge >= 0.3 is 0 Å². The van der Waals surface area contributed by atoms with E-state index in [9.17, 15) is 5.11 Å². The average molecular weight is 154 g/mol. The molecule has 64 valence electrons. The highest BCUT2D eigenvalue weighted by Gasteiger charge is 2.28. The van der Waals surface area contributed by atoms with Crippen LogP contribution in [-0.4, -0.2) is 11.2 Å². The first-order valence-corrected chi connectivity index (χ1v) is 4.38. The van der Waals surface area contributed by atoms with E-state index in [0.717, 1.165) is 19.3 Å². The van der Waals surface area contributed by atoms with Gasteiger partial charge in [-0.25, -0.2) is 0 Å². The Morgan fingerprint density at radius 1 is 1.55 bits per heavy atom. The van der Waals surface area contributed by atoms with Crippen molar-refractivity contribution in [2.45, 2.75) is 46.1 Å². The molecule has 0 aromatic carbocycles. The summed E-state index contributed by atoms with van der Waals surface area (Å²) < 4.78 is 0. The van der Waals surface area contributed by atoms with Gasteiger partial charge < -0.3 is 5.11 Å². The fraction of sp³-hybridized carbons (Fsp3) is 0.800. The molecule has 1 nitrogen and oxygen atoms in total. The van der Waals surface area contributed by atoms with Crippen molar-refractivity contribution in [1.82, 2.24) is 0 Å². The first kappa shape index (κ1) is 8.79. The summed E-state index contributed by atoms with van der Waals surface area (Å²) in [4.78, 5) is 0. The second kappa shape index (κ2) is 2.98. The van der Waals surface area contributed by atoms with Crippen LogP contribution in [0.15, 0.2) is 11.6 Å². The van der Waals surface area contributed by atoms with E-state index in [1.807, 2.05) is 6.92 Å². The summed E-state index contributed by atoms with van der Waals surface area (Å²) in [6.07, 6.45) is 5.04. The predicted octanol–water partition coefficient (Wildman–Crippen LogP) is 2.50. The Bertz CT molecular complexity index is 168. The predicted molar refractivity (Wildman–Crippen MR) is 47.4 cm³/mol. The number of allylic oxidation sites excluding steroid dienone is 1. The zero-order chi connectivity index (χ0) is 8.48. The number of rotatable bonds is 0. The van der Waals surface area contributed by atoms with Crippen LogP contribution in [0.4, 0.5) is 0 Å². The largest absolute Gasteiger partial charge is 0.389 e. The topological polar surface area (TPSA) is 20.2 Å². The van der Waals surface area contributed by atoms with Crippen LogP contribution < -0.4 is 0 Å². The van der Waals surface area contributed by atoms with Gasteiger partial charge in [0.15, 0.2) is 0 Å². The van der Waals surface area contributed by atoms with Crippen molar-refractivity contribution in [2.75, 3.05) is 0 Å². The molecule has 0 bridgehead atoms. The smallest absolute Gasteiger partial charge is 0.0750 e. The molecule has 0 saturated heterocycles. The number of aliphatic hydroxyl groups is 1. The highest BCUT2D eigenvalue weighted by Crippen LogP contribution is 2.38. The standard InChI is InChI=1S/C10H18O/c1-4-8-7-10(2,3)6-5-9(8)11/h4,9,11H,5-7H2,1-3H3/b8-4-. The van der Waals surface area contributed by atoms with Crippen molar-refractivity contribution in [1.29, 1.82) is 0 Å². The molecule has 0 heterocycles. The summed E-state index contributed by atoms with van der Waals surface area (Å²) in [6, 6.07) is 0. The molecule has 0 aromatic heterocycles. The molecule has 1 unspecified atom stereocenters. The molecule has 1 rings (SSSR count). The van der Waals surface area contributed by atoms with Gasteiger partial charge in [-0.1, -0.05) is 19.9 Å². The van der Waals surface area contributed by atoms with Crippen LogP contribution in [-0.2, 0) is 0 Å². The first-order chi connectivity index (χ1) is 5.05. The minimum absolute atomic E-state index is 0.159. The van der Waals surface area contributed by atoms with Gasteiger partial charge in [0.05, 0.1) is 6.10 Å². The van der Waals surface area contributed by atoms with Gasteiger partial charge in [0.1, 0.15) is 0 Å². The Balaban J connectivity index is 2.66. The summed E-state index contributed by atoms with van der Waals surface area (Å²) >= 11 is 0. The van der Waals surface area contributed by atoms with E-state index in [1.54, 1.807) is 0 Å². The Labute approximate surface area is 69.1 Å². The lowest BCUT2D eigenvalue weighted by Gasteiger charge is -2.34. The Kier molecular flexibility index (Phi) is 2.38. The summed E-state index contributed by atoms with van der Waals surface area (Å²) in [7, 11) is 0. The zero-order valence-corrected chi connectivity index (χ0v) is 7.72. The van der Waals surface area contributed by atoms with Crippen LogP contribution in [0.2, 0.25) is 0 Å². The van der Waals surface area contributed by atoms with E-state index in [-0.39, 0.29) is 6.10 Å². The van der Waals surface area contributed by atoms with Crippen LogP contribution in [0, 0.1) is 5.41 Å². The molecule has 11 heavy (non-hydrogen) atoms. The fourth-order valence-electron chi connectivity index (χ4n) is 1.77. The van der Waals surface area contributed by atoms with Crippen LogP contribution >= 0.6 is 0 Å². The lowest BCUT2D eigenvalue weighted by molar-refractivity contribution is 0.131. The molecule has 0 radical (unpaired) electrons. The SMILES string of the molecule is C/C=C1/CC(C)(C)CCC1O. The Morgan fingerprint density at radius 2 is 2.18 bits per heavy atom. The third-order valence-corrected chi connectivity index (χ3v) is 2.58. The summed E-state index contributed by atoms with van der Waals surface area (Å²) in [5.74, 6) is 0. The molecule has 0 spiro atoms. The minimum Gasteiger partial charge on any atom is -0.389 e.